The van der Waals surface area contributed by atoms with Crippen molar-refractivity contribution in [1.82, 2.24) is 4.72 Å². The number of thiocarbonyl (C=S) groups is 1. The summed E-state index contributed by atoms with van der Waals surface area (Å²) in [6.45, 7) is 2.31. The molecule has 0 spiro atoms. The summed E-state index contributed by atoms with van der Waals surface area (Å²) >= 11 is 5.92. The zero-order valence-electron chi connectivity index (χ0n) is 11.5. The van der Waals surface area contributed by atoms with Gasteiger partial charge >= 0.3 is 0 Å². The van der Waals surface area contributed by atoms with E-state index in [2.05, 4.69) is 4.72 Å². The third kappa shape index (κ3) is 3.88. The maximum atomic E-state index is 12.3. The Labute approximate surface area is 134 Å². The molecule has 0 fully saturated rings. The molecule has 0 aliphatic heterocycles. The number of aryl methyl sites for hydroxylation is 1. The zero-order valence-corrected chi connectivity index (χ0v) is 13.9. The third-order valence-electron chi connectivity index (χ3n) is 3.04. The second-order valence-corrected chi connectivity index (χ2v) is 7.95. The van der Waals surface area contributed by atoms with Crippen molar-refractivity contribution in [2.75, 3.05) is 0 Å². The van der Waals surface area contributed by atoms with E-state index in [1.165, 1.54) is 6.07 Å². The van der Waals surface area contributed by atoms with Crippen LogP contribution in [0.25, 0.3) is 0 Å². The number of rotatable bonds is 6. The van der Waals surface area contributed by atoms with Gasteiger partial charge in [-0.15, -0.1) is 11.3 Å². The van der Waals surface area contributed by atoms with Gasteiger partial charge in [-0.3, -0.25) is 0 Å². The van der Waals surface area contributed by atoms with Crippen LogP contribution in [0.2, 0.25) is 0 Å². The van der Waals surface area contributed by atoms with Crippen LogP contribution in [0.1, 0.15) is 22.9 Å². The average molecular weight is 340 g/mol. The van der Waals surface area contributed by atoms with Crippen LogP contribution >= 0.6 is 23.6 Å². The van der Waals surface area contributed by atoms with Gasteiger partial charge in [0.05, 0.1) is 4.88 Å². The minimum absolute atomic E-state index is 0.206. The Morgan fingerprint density at radius 1 is 1.24 bits per heavy atom. The predicted octanol–water partition coefficient (Wildman–Crippen LogP) is 2.42. The average Bonchev–Trinajstić information content (AvgIpc) is 2.96. The molecule has 4 nitrogen and oxygen atoms in total. The van der Waals surface area contributed by atoms with Gasteiger partial charge in [0.1, 0.15) is 9.20 Å². The molecule has 7 heteroatoms. The van der Waals surface area contributed by atoms with Gasteiger partial charge in [0, 0.05) is 6.54 Å². The first kappa shape index (κ1) is 16.1. The SMILES string of the molecule is CCc1ccccc1CNS(=O)(=O)c1ccc(C(N)=S)s1. The zero-order chi connectivity index (χ0) is 15.5. The van der Waals surface area contributed by atoms with Gasteiger partial charge in [0.25, 0.3) is 0 Å². The first-order chi connectivity index (χ1) is 9.94. The number of hydrogen-bond donors (Lipinski definition) is 2. The van der Waals surface area contributed by atoms with E-state index in [9.17, 15) is 8.42 Å². The maximum absolute atomic E-state index is 12.3. The molecule has 0 radical (unpaired) electrons. The lowest BCUT2D eigenvalue weighted by Gasteiger charge is -2.09. The lowest BCUT2D eigenvalue weighted by molar-refractivity contribution is 0.583. The standard InChI is InChI=1S/C14H16N2O2S3/c1-2-10-5-3-4-6-11(10)9-16-21(17,18)13-8-7-12(20-13)14(15)19/h3-8,16H,2,9H2,1H3,(H2,15,19). The Hall–Kier alpha value is -1.28. The largest absolute Gasteiger partial charge is 0.389 e. The smallest absolute Gasteiger partial charge is 0.250 e. The summed E-state index contributed by atoms with van der Waals surface area (Å²) in [4.78, 5) is 0.803. The molecule has 2 aromatic rings. The Morgan fingerprint density at radius 2 is 1.90 bits per heavy atom. The number of nitrogens with two attached hydrogens (primary N) is 1. The molecule has 1 heterocycles. The van der Waals surface area contributed by atoms with Gasteiger partial charge in [-0.05, 0) is 29.7 Å². The summed E-state index contributed by atoms with van der Waals surface area (Å²) in [6.07, 6.45) is 0.864. The van der Waals surface area contributed by atoms with Gasteiger partial charge in [0.15, 0.2) is 0 Å². The van der Waals surface area contributed by atoms with E-state index >= 15 is 0 Å². The van der Waals surface area contributed by atoms with Crippen molar-refractivity contribution in [3.8, 4) is 0 Å². The number of benzene rings is 1. The van der Waals surface area contributed by atoms with Gasteiger partial charge in [-0.25, -0.2) is 13.1 Å². The molecule has 0 saturated heterocycles. The lowest BCUT2D eigenvalue weighted by atomic mass is 10.1. The minimum atomic E-state index is -3.54. The van der Waals surface area contributed by atoms with Crippen molar-refractivity contribution in [3.63, 3.8) is 0 Å². The van der Waals surface area contributed by atoms with Crippen LogP contribution < -0.4 is 10.5 Å². The van der Waals surface area contributed by atoms with Gasteiger partial charge in [-0.1, -0.05) is 43.4 Å². The molecule has 3 N–H and O–H groups in total. The first-order valence-electron chi connectivity index (χ1n) is 6.40. The van der Waals surface area contributed by atoms with Gasteiger partial charge < -0.3 is 5.73 Å². The summed E-state index contributed by atoms with van der Waals surface area (Å²) in [5, 5.41) is 0. The quantitative estimate of drug-likeness (QED) is 0.792. The number of thiophene rings is 1. The highest BCUT2D eigenvalue weighted by atomic mass is 32.2. The van der Waals surface area contributed by atoms with Crippen molar-refractivity contribution >= 4 is 38.6 Å². The second kappa shape index (κ2) is 6.65. The Balaban J connectivity index is 2.16. The van der Waals surface area contributed by atoms with Crippen molar-refractivity contribution in [2.24, 2.45) is 5.73 Å². The van der Waals surface area contributed by atoms with Gasteiger partial charge in [0.2, 0.25) is 10.0 Å². The monoisotopic (exact) mass is 340 g/mol. The molecule has 1 aromatic carbocycles. The fraction of sp³-hybridized carbons (Fsp3) is 0.214. The van der Waals surface area contributed by atoms with Crippen LogP contribution in [0.15, 0.2) is 40.6 Å². The predicted molar refractivity (Wildman–Crippen MR) is 90.1 cm³/mol. The van der Waals surface area contributed by atoms with E-state index in [1.807, 2.05) is 31.2 Å². The molecule has 0 unspecified atom stereocenters. The van der Waals surface area contributed by atoms with Crippen LogP contribution in [-0.4, -0.2) is 13.4 Å². The molecule has 0 bridgehead atoms. The molecule has 112 valence electrons. The van der Waals surface area contributed by atoms with E-state index in [0.29, 0.717) is 4.88 Å². The van der Waals surface area contributed by atoms with Crippen molar-refractivity contribution < 1.29 is 8.42 Å². The first-order valence-corrected chi connectivity index (χ1v) is 9.11. The van der Waals surface area contributed by atoms with Crippen molar-refractivity contribution in [3.05, 3.63) is 52.4 Å². The third-order valence-corrected chi connectivity index (χ3v) is 6.40. The fourth-order valence-corrected chi connectivity index (χ4v) is 4.32. The van der Waals surface area contributed by atoms with Crippen molar-refractivity contribution in [1.29, 1.82) is 0 Å². The molecule has 2 rings (SSSR count). The van der Waals surface area contributed by atoms with E-state index in [-0.39, 0.29) is 15.7 Å². The van der Waals surface area contributed by atoms with Crippen LogP contribution in [0.5, 0.6) is 0 Å². The van der Waals surface area contributed by atoms with E-state index in [0.717, 1.165) is 28.9 Å². The Kier molecular flexibility index (Phi) is 5.10. The van der Waals surface area contributed by atoms with E-state index in [1.54, 1.807) is 6.07 Å². The highest BCUT2D eigenvalue weighted by Gasteiger charge is 2.17. The maximum Gasteiger partial charge on any atom is 0.250 e. The summed E-state index contributed by atoms with van der Waals surface area (Å²) in [7, 11) is -3.54. The topological polar surface area (TPSA) is 72.2 Å². The van der Waals surface area contributed by atoms with Crippen LogP contribution in [0, 0.1) is 0 Å². The highest BCUT2D eigenvalue weighted by Crippen LogP contribution is 2.21. The molecular formula is C14H16N2O2S3. The summed E-state index contributed by atoms with van der Waals surface area (Å²) in [5.41, 5.74) is 7.62. The second-order valence-electron chi connectivity index (χ2n) is 4.43. The fourth-order valence-electron chi connectivity index (χ4n) is 1.92. The number of sulfonamides is 1. The number of nitrogens with one attached hydrogen (secondary N) is 1. The van der Waals surface area contributed by atoms with E-state index in [4.69, 9.17) is 18.0 Å². The Bertz CT molecular complexity index is 751. The van der Waals surface area contributed by atoms with E-state index < -0.39 is 10.0 Å². The van der Waals surface area contributed by atoms with Crippen LogP contribution in [-0.2, 0) is 23.0 Å². The molecule has 0 aliphatic rings. The van der Waals surface area contributed by atoms with Crippen LogP contribution in [0.4, 0.5) is 0 Å². The summed E-state index contributed by atoms with van der Waals surface area (Å²) < 4.78 is 27.4. The minimum Gasteiger partial charge on any atom is -0.389 e. The molecule has 0 saturated carbocycles. The van der Waals surface area contributed by atoms with Gasteiger partial charge in [-0.2, -0.15) is 0 Å². The highest BCUT2D eigenvalue weighted by molar-refractivity contribution is 7.91. The summed E-state index contributed by atoms with van der Waals surface area (Å²) in [5.74, 6) is 0. The molecule has 1 aromatic heterocycles. The molecule has 0 amide bonds. The number of hydrogen-bond acceptors (Lipinski definition) is 4. The summed E-state index contributed by atoms with van der Waals surface area (Å²) in [6, 6.07) is 10.9. The van der Waals surface area contributed by atoms with Crippen molar-refractivity contribution in [2.45, 2.75) is 24.1 Å². The molecule has 0 aliphatic carbocycles. The Morgan fingerprint density at radius 3 is 2.48 bits per heavy atom. The lowest BCUT2D eigenvalue weighted by Crippen LogP contribution is -2.23. The molecule has 0 atom stereocenters. The molecular weight excluding hydrogens is 324 g/mol. The normalized spacial score (nSPS) is 11.5. The van der Waals surface area contributed by atoms with Crippen LogP contribution in [0.3, 0.4) is 0 Å². The molecule has 21 heavy (non-hydrogen) atoms.